The smallest absolute Gasteiger partial charge is 0.870 e. The van der Waals surface area contributed by atoms with E-state index in [2.05, 4.69) is 13.8 Å². The first-order valence-corrected chi connectivity index (χ1v) is 6.46. The molecule has 0 aliphatic rings. The van der Waals surface area contributed by atoms with Crippen LogP contribution >= 0.6 is 0 Å². The van der Waals surface area contributed by atoms with Crippen LogP contribution in [0.2, 0.25) is 0 Å². The van der Waals surface area contributed by atoms with Crippen molar-refractivity contribution in [3.05, 3.63) is 6.92 Å². The first-order chi connectivity index (χ1) is 7.45. The Morgan fingerprint density at radius 1 is 1.17 bits per heavy atom. The molecule has 0 unspecified atom stereocenters. The van der Waals surface area contributed by atoms with Crippen LogP contribution in [0.5, 0.6) is 0 Å². The number of rotatable bonds is 9. The Hall–Kier alpha value is 0.430. The van der Waals surface area contributed by atoms with Crippen LogP contribution in [-0.4, -0.2) is 18.1 Å². The van der Waals surface area contributed by atoms with Crippen molar-refractivity contribution in [1.29, 1.82) is 0 Å². The van der Waals surface area contributed by atoms with Crippen LogP contribution in [-0.2, 0) is 9.53 Å². The van der Waals surface area contributed by atoms with Crippen LogP contribution in [0.15, 0.2) is 0 Å². The van der Waals surface area contributed by atoms with Gasteiger partial charge in [-0.15, -0.1) is 0 Å². The second-order valence-corrected chi connectivity index (χ2v) is 5.30. The Bertz CT molecular complexity index is 188. The molecule has 0 radical (unpaired) electrons. The summed E-state index contributed by atoms with van der Waals surface area (Å²) in [4.78, 5) is 11.3. The minimum absolute atomic E-state index is 0. The molecule has 104 valence electrons. The standard InChI is InChI=1S/C14H27O2.Na.H2O/c1-5-6-7-8-9-12-16-13(15)10-11-14(2,3)4;;/h2,5-12H2,1,3-4H3;;1H2/q-1;+1;/p-1. The monoisotopic (exact) mass is 267 g/mol. The second-order valence-electron chi connectivity index (χ2n) is 5.30. The van der Waals surface area contributed by atoms with E-state index >= 15 is 0 Å². The van der Waals surface area contributed by atoms with Crippen molar-refractivity contribution in [2.75, 3.05) is 6.61 Å². The fourth-order valence-electron chi connectivity index (χ4n) is 1.40. The van der Waals surface area contributed by atoms with Gasteiger partial charge in [0.25, 0.3) is 0 Å². The number of esters is 1. The SMILES string of the molecule is [CH2-]C(C)(C)CCC(=O)OCCCCCCC.[Na+].[OH-]. The number of carbonyl (C=O) groups is 1. The molecule has 0 aromatic carbocycles. The van der Waals surface area contributed by atoms with Gasteiger partial charge in [0.2, 0.25) is 0 Å². The van der Waals surface area contributed by atoms with Crippen LogP contribution in [0.4, 0.5) is 0 Å². The summed E-state index contributed by atoms with van der Waals surface area (Å²) in [6.45, 7) is 10.8. The Labute approximate surface area is 135 Å². The Kier molecular flexibility index (Phi) is 18.1. The van der Waals surface area contributed by atoms with Crippen LogP contribution in [0.1, 0.15) is 65.7 Å². The van der Waals surface area contributed by atoms with E-state index in [1.54, 1.807) is 0 Å². The fourth-order valence-corrected chi connectivity index (χ4v) is 1.40. The maximum atomic E-state index is 11.3. The summed E-state index contributed by atoms with van der Waals surface area (Å²) < 4.78 is 5.15. The zero-order chi connectivity index (χ0) is 12.4. The van der Waals surface area contributed by atoms with Crippen LogP contribution < -0.4 is 29.6 Å². The van der Waals surface area contributed by atoms with E-state index in [-0.39, 0.29) is 46.4 Å². The molecule has 18 heavy (non-hydrogen) atoms. The first kappa shape index (κ1) is 23.5. The largest absolute Gasteiger partial charge is 1.00 e. The van der Waals surface area contributed by atoms with Gasteiger partial charge in [0.1, 0.15) is 0 Å². The molecule has 0 amide bonds. The third kappa shape index (κ3) is 18.8. The van der Waals surface area contributed by atoms with Crippen molar-refractivity contribution < 1.29 is 44.6 Å². The number of carbonyl (C=O) groups excluding carboxylic acids is 1. The Morgan fingerprint density at radius 3 is 2.22 bits per heavy atom. The Balaban J connectivity index is -0.00000112. The number of hydrogen-bond donors (Lipinski definition) is 0. The molecule has 0 bridgehead atoms. The first-order valence-electron chi connectivity index (χ1n) is 6.46. The zero-order valence-corrected chi connectivity index (χ0v) is 14.6. The summed E-state index contributed by atoms with van der Waals surface area (Å²) >= 11 is 0. The third-order valence-corrected chi connectivity index (χ3v) is 2.52. The van der Waals surface area contributed by atoms with Crippen molar-refractivity contribution in [1.82, 2.24) is 0 Å². The Morgan fingerprint density at radius 2 is 1.72 bits per heavy atom. The van der Waals surface area contributed by atoms with Crippen LogP contribution in [0.25, 0.3) is 0 Å². The average molecular weight is 267 g/mol. The summed E-state index contributed by atoms with van der Waals surface area (Å²) in [7, 11) is 0. The quantitative estimate of drug-likeness (QED) is 0.271. The summed E-state index contributed by atoms with van der Waals surface area (Å²) in [5, 5.41) is 0. The van der Waals surface area contributed by atoms with E-state index in [9.17, 15) is 4.79 Å². The fraction of sp³-hybridized carbons (Fsp3) is 0.857. The predicted octanol–water partition coefficient (Wildman–Crippen LogP) is 0.968. The molecule has 0 saturated heterocycles. The van der Waals surface area contributed by atoms with E-state index in [0.29, 0.717) is 13.0 Å². The van der Waals surface area contributed by atoms with E-state index in [1.165, 1.54) is 25.7 Å². The summed E-state index contributed by atoms with van der Waals surface area (Å²) in [5.74, 6) is -0.0767. The second kappa shape index (κ2) is 13.9. The molecule has 0 atom stereocenters. The summed E-state index contributed by atoms with van der Waals surface area (Å²) in [5.41, 5.74) is -0.0276. The van der Waals surface area contributed by atoms with Crippen molar-refractivity contribution in [2.24, 2.45) is 5.41 Å². The molecular formula is C14H28NaO3-. The van der Waals surface area contributed by atoms with Crippen molar-refractivity contribution >= 4 is 5.97 Å². The van der Waals surface area contributed by atoms with Crippen molar-refractivity contribution in [2.45, 2.75) is 65.7 Å². The molecule has 0 fully saturated rings. The van der Waals surface area contributed by atoms with Gasteiger partial charge in [-0.3, -0.25) is 4.79 Å². The van der Waals surface area contributed by atoms with Gasteiger partial charge >= 0.3 is 35.5 Å². The average Bonchev–Trinajstić information content (AvgIpc) is 2.19. The molecule has 0 rings (SSSR count). The normalized spacial score (nSPS) is 10.2. The molecule has 0 aromatic heterocycles. The number of unbranched alkanes of at least 4 members (excludes halogenated alkanes) is 4. The molecule has 0 aromatic rings. The van der Waals surface area contributed by atoms with Crippen LogP contribution in [0, 0.1) is 12.3 Å². The predicted molar refractivity (Wildman–Crippen MR) is 70.0 cm³/mol. The third-order valence-electron chi connectivity index (χ3n) is 2.52. The molecule has 1 N–H and O–H groups in total. The van der Waals surface area contributed by atoms with Gasteiger partial charge in [0.15, 0.2) is 0 Å². The minimum Gasteiger partial charge on any atom is -0.870 e. The maximum absolute atomic E-state index is 11.3. The molecule has 0 aliphatic heterocycles. The molecular weight excluding hydrogens is 239 g/mol. The van der Waals surface area contributed by atoms with E-state index in [1.807, 2.05) is 13.8 Å². The van der Waals surface area contributed by atoms with Gasteiger partial charge in [-0.05, 0) is 6.42 Å². The van der Waals surface area contributed by atoms with E-state index < -0.39 is 0 Å². The zero-order valence-electron chi connectivity index (χ0n) is 12.6. The van der Waals surface area contributed by atoms with Gasteiger partial charge in [-0.25, -0.2) is 0 Å². The van der Waals surface area contributed by atoms with Crippen molar-refractivity contribution in [3.63, 3.8) is 0 Å². The van der Waals surface area contributed by atoms with Crippen molar-refractivity contribution in [3.8, 4) is 0 Å². The van der Waals surface area contributed by atoms with Gasteiger partial charge in [-0.2, -0.15) is 5.41 Å². The number of ether oxygens (including phenoxy) is 1. The van der Waals surface area contributed by atoms with E-state index in [0.717, 1.165) is 12.8 Å². The number of hydrogen-bond acceptors (Lipinski definition) is 3. The molecule has 3 nitrogen and oxygen atoms in total. The summed E-state index contributed by atoms with van der Waals surface area (Å²) in [6, 6.07) is 0. The topological polar surface area (TPSA) is 56.3 Å². The maximum Gasteiger partial charge on any atom is 1.00 e. The molecule has 0 spiro atoms. The molecule has 0 heterocycles. The minimum atomic E-state index is -0.0767. The molecule has 0 saturated carbocycles. The summed E-state index contributed by atoms with van der Waals surface area (Å²) in [6.07, 6.45) is 7.23. The van der Waals surface area contributed by atoms with Gasteiger partial charge in [0, 0.05) is 6.42 Å². The van der Waals surface area contributed by atoms with Crippen LogP contribution in [0.3, 0.4) is 0 Å². The molecule has 0 aliphatic carbocycles. The molecule has 4 heteroatoms. The van der Waals surface area contributed by atoms with Gasteiger partial charge in [0.05, 0.1) is 6.61 Å². The van der Waals surface area contributed by atoms with E-state index in [4.69, 9.17) is 4.74 Å². The van der Waals surface area contributed by atoms with Gasteiger partial charge in [-0.1, -0.05) is 52.9 Å². The van der Waals surface area contributed by atoms with Gasteiger partial charge < -0.3 is 17.1 Å².